The van der Waals surface area contributed by atoms with Gasteiger partial charge in [-0.25, -0.2) is 0 Å². The number of hydrogen-bond donors (Lipinski definition) is 4. The fraction of sp³-hybridized carbons (Fsp3) is 0.727. The van der Waals surface area contributed by atoms with E-state index in [1.807, 2.05) is 0 Å². The second kappa shape index (κ2) is 10.6. The smallest absolute Gasteiger partial charge is 0.303 e. The van der Waals surface area contributed by atoms with Crippen LogP contribution in [-0.2, 0) is 14.4 Å². The van der Waals surface area contributed by atoms with Crippen molar-refractivity contribution in [3.63, 3.8) is 0 Å². The molecule has 10 heteroatoms. The summed E-state index contributed by atoms with van der Waals surface area (Å²) in [7, 11) is 0. The molecule has 0 aliphatic heterocycles. The average molecular weight is 300 g/mol. The molecule has 0 spiro atoms. The van der Waals surface area contributed by atoms with Crippen LogP contribution in [0.15, 0.2) is 5.11 Å². The molecule has 2 amide bonds. The van der Waals surface area contributed by atoms with E-state index in [0.717, 1.165) is 0 Å². The molecule has 0 aliphatic carbocycles. The molecular formula is C11H20N6O4. The normalized spacial score (nSPS) is 12.9. The third kappa shape index (κ3) is 8.58. The number of amides is 2. The van der Waals surface area contributed by atoms with Gasteiger partial charge in [0.25, 0.3) is 0 Å². The van der Waals surface area contributed by atoms with E-state index in [4.69, 9.17) is 22.1 Å². The summed E-state index contributed by atoms with van der Waals surface area (Å²) in [6, 6.07) is -2.02. The van der Waals surface area contributed by atoms with Crippen LogP contribution < -0.4 is 16.8 Å². The molecule has 0 rings (SSSR count). The molecule has 0 unspecified atom stereocenters. The van der Waals surface area contributed by atoms with Gasteiger partial charge in [-0.1, -0.05) is 0 Å². The Morgan fingerprint density at radius 3 is 2.48 bits per heavy atom. The lowest BCUT2D eigenvalue weighted by Gasteiger charge is -2.18. The Bertz CT molecular complexity index is 421. The van der Waals surface area contributed by atoms with Gasteiger partial charge in [0.05, 0.1) is 12.1 Å². The first-order valence-electron chi connectivity index (χ1n) is 6.49. The van der Waals surface area contributed by atoms with Crippen molar-refractivity contribution in [1.29, 1.82) is 0 Å². The lowest BCUT2D eigenvalue weighted by Crippen LogP contribution is -2.48. The van der Waals surface area contributed by atoms with Crippen molar-refractivity contribution in [2.45, 2.75) is 44.2 Å². The molecule has 0 radical (unpaired) electrons. The number of rotatable bonds is 10. The maximum Gasteiger partial charge on any atom is 0.303 e. The van der Waals surface area contributed by atoms with Crippen molar-refractivity contribution < 1.29 is 19.5 Å². The number of nitrogens with one attached hydrogen (secondary N) is 1. The highest BCUT2D eigenvalue weighted by Crippen LogP contribution is 2.04. The quantitative estimate of drug-likeness (QED) is 0.184. The molecule has 6 N–H and O–H groups in total. The van der Waals surface area contributed by atoms with Crippen LogP contribution in [-0.4, -0.2) is 41.5 Å². The molecule has 0 aromatic carbocycles. The zero-order chi connectivity index (χ0) is 16.3. The van der Waals surface area contributed by atoms with Gasteiger partial charge in [-0.15, -0.1) is 0 Å². The minimum atomic E-state index is -1.07. The topological polar surface area (TPSA) is 184 Å². The molecule has 0 saturated carbocycles. The summed E-state index contributed by atoms with van der Waals surface area (Å²) in [6.45, 7) is 0.439. The van der Waals surface area contributed by atoms with Crippen LogP contribution >= 0.6 is 0 Å². The van der Waals surface area contributed by atoms with Crippen LogP contribution in [0.25, 0.3) is 10.4 Å². The summed E-state index contributed by atoms with van der Waals surface area (Å²) >= 11 is 0. The molecule has 118 valence electrons. The van der Waals surface area contributed by atoms with Gasteiger partial charge in [-0.3, -0.25) is 14.4 Å². The minimum absolute atomic E-state index is 0.0492. The number of azide groups is 1. The number of hydrogen-bond acceptors (Lipinski definition) is 5. The summed E-state index contributed by atoms with van der Waals surface area (Å²) in [6.07, 6.45) is 1.19. The summed E-state index contributed by atoms with van der Waals surface area (Å²) < 4.78 is 0. The third-order valence-corrected chi connectivity index (χ3v) is 2.71. The van der Waals surface area contributed by atoms with Crippen LogP contribution in [0, 0.1) is 0 Å². The molecule has 10 nitrogen and oxygen atoms in total. The average Bonchev–Trinajstić information content (AvgIpc) is 2.43. The van der Waals surface area contributed by atoms with E-state index in [1.54, 1.807) is 0 Å². The number of unbranched alkanes of at least 4 members (excludes halogenated alkanes) is 1. The molecule has 0 aromatic heterocycles. The molecule has 0 fully saturated rings. The molecule has 0 bridgehead atoms. The predicted octanol–water partition coefficient (Wildman–Crippen LogP) is -0.371. The maximum atomic E-state index is 11.8. The Labute approximate surface area is 121 Å². The Morgan fingerprint density at radius 2 is 1.95 bits per heavy atom. The maximum absolute atomic E-state index is 11.8. The van der Waals surface area contributed by atoms with Crippen molar-refractivity contribution in [1.82, 2.24) is 5.32 Å². The Morgan fingerprint density at radius 1 is 1.29 bits per heavy atom. The Kier molecular flexibility index (Phi) is 9.52. The zero-order valence-electron chi connectivity index (χ0n) is 11.6. The first kappa shape index (κ1) is 18.8. The van der Waals surface area contributed by atoms with Crippen LogP contribution in [0.4, 0.5) is 0 Å². The standard InChI is InChI=1S/C11H20N6O4/c12-6-2-1-3-8(11(21)16-17-14)15-10(20)7(13)4-5-9(18)19/h7-8H,1-6,12-13H2,(H,15,20)(H,18,19)/t7-,8-/m0/s1. The van der Waals surface area contributed by atoms with Gasteiger partial charge >= 0.3 is 5.97 Å². The minimum Gasteiger partial charge on any atom is -0.481 e. The first-order valence-corrected chi connectivity index (χ1v) is 6.49. The van der Waals surface area contributed by atoms with Crippen LogP contribution in [0.5, 0.6) is 0 Å². The third-order valence-electron chi connectivity index (χ3n) is 2.71. The van der Waals surface area contributed by atoms with Crippen molar-refractivity contribution in [3.8, 4) is 0 Å². The van der Waals surface area contributed by atoms with E-state index in [9.17, 15) is 14.4 Å². The fourth-order valence-electron chi connectivity index (χ4n) is 1.55. The Hall–Kier alpha value is -2.16. The summed E-state index contributed by atoms with van der Waals surface area (Å²) in [4.78, 5) is 36.1. The fourth-order valence-corrected chi connectivity index (χ4v) is 1.55. The van der Waals surface area contributed by atoms with Crippen molar-refractivity contribution in [3.05, 3.63) is 10.4 Å². The van der Waals surface area contributed by atoms with Gasteiger partial charge in [0.2, 0.25) is 11.8 Å². The highest BCUT2D eigenvalue weighted by Gasteiger charge is 2.22. The van der Waals surface area contributed by atoms with Gasteiger partial charge in [0, 0.05) is 11.3 Å². The zero-order valence-corrected chi connectivity index (χ0v) is 11.6. The number of carbonyl (C=O) groups excluding carboxylic acids is 2. The first-order chi connectivity index (χ1) is 9.92. The highest BCUT2D eigenvalue weighted by atomic mass is 16.4. The lowest BCUT2D eigenvalue weighted by molar-refractivity contribution is -0.137. The second-order valence-electron chi connectivity index (χ2n) is 4.41. The molecule has 0 aromatic rings. The predicted molar refractivity (Wildman–Crippen MR) is 73.8 cm³/mol. The van der Waals surface area contributed by atoms with Crippen molar-refractivity contribution >= 4 is 17.8 Å². The second-order valence-corrected chi connectivity index (χ2v) is 4.41. The van der Waals surface area contributed by atoms with Crippen molar-refractivity contribution in [2.24, 2.45) is 16.6 Å². The summed E-state index contributed by atoms with van der Waals surface area (Å²) in [5.74, 6) is -2.54. The van der Waals surface area contributed by atoms with E-state index < -0.39 is 29.9 Å². The van der Waals surface area contributed by atoms with Crippen molar-refractivity contribution in [2.75, 3.05) is 6.54 Å². The van der Waals surface area contributed by atoms with Gasteiger partial charge in [-0.2, -0.15) is 0 Å². The van der Waals surface area contributed by atoms with Crippen LogP contribution in [0.3, 0.4) is 0 Å². The number of carbonyl (C=O) groups is 3. The van der Waals surface area contributed by atoms with Gasteiger partial charge in [-0.05, 0) is 42.9 Å². The van der Waals surface area contributed by atoms with Crippen LogP contribution in [0.1, 0.15) is 32.1 Å². The summed E-state index contributed by atoms with van der Waals surface area (Å²) in [5.41, 5.74) is 19.1. The SMILES string of the molecule is [N-]=[N+]=NC(=O)[C@H](CCCCN)NC(=O)[C@@H](N)CCC(=O)O. The highest BCUT2D eigenvalue weighted by molar-refractivity contribution is 5.90. The van der Waals surface area contributed by atoms with Gasteiger partial charge in [0.1, 0.15) is 0 Å². The number of carboxylic acid groups (broad SMARTS) is 1. The van der Waals surface area contributed by atoms with Crippen LogP contribution in [0.2, 0.25) is 0 Å². The molecule has 0 aliphatic rings. The van der Waals surface area contributed by atoms with E-state index >= 15 is 0 Å². The largest absolute Gasteiger partial charge is 0.481 e. The molecular weight excluding hydrogens is 280 g/mol. The number of nitrogens with two attached hydrogens (primary N) is 2. The van der Waals surface area contributed by atoms with E-state index in [2.05, 4.69) is 15.3 Å². The summed E-state index contributed by atoms with van der Waals surface area (Å²) in [5, 5.41) is 13.8. The van der Waals surface area contributed by atoms with E-state index in [-0.39, 0.29) is 19.3 Å². The van der Waals surface area contributed by atoms with E-state index in [0.29, 0.717) is 19.4 Å². The Balaban J connectivity index is 4.55. The molecule has 0 saturated heterocycles. The molecule has 0 heterocycles. The van der Waals surface area contributed by atoms with Gasteiger partial charge < -0.3 is 21.9 Å². The lowest BCUT2D eigenvalue weighted by atomic mass is 10.1. The van der Waals surface area contributed by atoms with Gasteiger partial charge in [0.15, 0.2) is 0 Å². The monoisotopic (exact) mass is 300 g/mol. The van der Waals surface area contributed by atoms with E-state index in [1.165, 1.54) is 0 Å². The number of nitrogens with zero attached hydrogens (tertiary/aromatic N) is 3. The number of carboxylic acids is 1. The molecule has 21 heavy (non-hydrogen) atoms. The molecule has 2 atom stereocenters. The number of aliphatic carboxylic acids is 1.